The van der Waals surface area contributed by atoms with Crippen LogP contribution in [0.5, 0.6) is 0 Å². The molecule has 6 nitrogen and oxygen atoms in total. The SMILES string of the molecule is C=Nc1sc(C(=O)NCCC)nc1C(=N)N1CC(C)(C)c2ccccc21. The number of carbonyl (C=O) groups is 1. The Morgan fingerprint density at radius 1 is 1.46 bits per heavy atom. The molecule has 2 N–H and O–H groups in total. The molecule has 0 aliphatic carbocycles. The molecule has 0 atom stereocenters. The van der Waals surface area contributed by atoms with Crippen molar-refractivity contribution >= 4 is 40.5 Å². The Bertz CT molecular complexity index is 871. The summed E-state index contributed by atoms with van der Waals surface area (Å²) in [6.07, 6.45) is 0.853. The second kappa shape index (κ2) is 6.99. The summed E-state index contributed by atoms with van der Waals surface area (Å²) >= 11 is 1.17. The van der Waals surface area contributed by atoms with E-state index in [-0.39, 0.29) is 17.2 Å². The number of rotatable bonds is 5. The largest absolute Gasteiger partial charge is 0.350 e. The fraction of sp³-hybridized carbons (Fsp3) is 0.368. The van der Waals surface area contributed by atoms with E-state index in [1.54, 1.807) is 0 Å². The van der Waals surface area contributed by atoms with Crippen molar-refractivity contribution in [3.05, 3.63) is 40.5 Å². The molecule has 7 heteroatoms. The summed E-state index contributed by atoms with van der Waals surface area (Å²) in [6, 6.07) is 8.10. The van der Waals surface area contributed by atoms with Crippen LogP contribution in [-0.2, 0) is 5.41 Å². The normalized spacial score (nSPS) is 14.8. The van der Waals surface area contributed by atoms with Crippen LogP contribution in [0.3, 0.4) is 0 Å². The molecule has 0 saturated heterocycles. The van der Waals surface area contributed by atoms with E-state index in [1.165, 1.54) is 16.9 Å². The van der Waals surface area contributed by atoms with Gasteiger partial charge in [0.15, 0.2) is 10.8 Å². The van der Waals surface area contributed by atoms with Crippen molar-refractivity contribution in [3.63, 3.8) is 0 Å². The molecule has 0 fully saturated rings. The van der Waals surface area contributed by atoms with Gasteiger partial charge in [0, 0.05) is 24.2 Å². The fourth-order valence-electron chi connectivity index (χ4n) is 3.16. The van der Waals surface area contributed by atoms with Crippen LogP contribution in [-0.4, -0.2) is 36.5 Å². The smallest absolute Gasteiger partial charge is 0.280 e. The van der Waals surface area contributed by atoms with E-state index in [9.17, 15) is 4.79 Å². The third kappa shape index (κ3) is 3.14. The second-order valence-electron chi connectivity index (χ2n) is 6.92. The van der Waals surface area contributed by atoms with E-state index >= 15 is 0 Å². The van der Waals surface area contributed by atoms with E-state index < -0.39 is 0 Å². The van der Waals surface area contributed by atoms with Crippen LogP contribution < -0.4 is 10.2 Å². The summed E-state index contributed by atoms with van der Waals surface area (Å²) < 4.78 is 0. The van der Waals surface area contributed by atoms with Crippen molar-refractivity contribution < 1.29 is 4.79 Å². The van der Waals surface area contributed by atoms with Crippen LogP contribution in [0.1, 0.15) is 48.3 Å². The maximum absolute atomic E-state index is 12.2. The molecule has 1 aliphatic rings. The summed E-state index contributed by atoms with van der Waals surface area (Å²) in [5.74, 6) is 0.0131. The lowest BCUT2D eigenvalue weighted by molar-refractivity contribution is 0.0953. The van der Waals surface area contributed by atoms with E-state index in [1.807, 2.05) is 30.0 Å². The highest BCUT2D eigenvalue weighted by atomic mass is 32.1. The molecule has 3 rings (SSSR count). The number of amides is 1. The van der Waals surface area contributed by atoms with Crippen LogP contribution in [0.15, 0.2) is 29.3 Å². The summed E-state index contributed by atoms with van der Waals surface area (Å²) in [5, 5.41) is 12.3. The van der Waals surface area contributed by atoms with Crippen molar-refractivity contribution in [1.29, 1.82) is 5.41 Å². The summed E-state index contributed by atoms with van der Waals surface area (Å²) in [4.78, 5) is 22.6. The third-order valence-electron chi connectivity index (χ3n) is 4.45. The van der Waals surface area contributed by atoms with Gasteiger partial charge in [-0.05, 0) is 24.8 Å². The number of aromatic nitrogens is 1. The van der Waals surface area contributed by atoms with Gasteiger partial charge >= 0.3 is 0 Å². The lowest BCUT2D eigenvalue weighted by Crippen LogP contribution is -2.34. The fourth-order valence-corrected chi connectivity index (χ4v) is 3.95. The number of para-hydroxylation sites is 1. The lowest BCUT2D eigenvalue weighted by Gasteiger charge is -2.22. The van der Waals surface area contributed by atoms with Crippen LogP contribution in [0.25, 0.3) is 0 Å². The molecule has 0 spiro atoms. The number of benzene rings is 1. The predicted octanol–water partition coefficient (Wildman–Crippen LogP) is 3.74. The van der Waals surface area contributed by atoms with Crippen molar-refractivity contribution in [2.45, 2.75) is 32.6 Å². The number of nitrogens with one attached hydrogen (secondary N) is 2. The average Bonchev–Trinajstić information content (AvgIpc) is 3.19. The minimum atomic E-state index is -0.233. The Morgan fingerprint density at radius 2 is 2.19 bits per heavy atom. The van der Waals surface area contributed by atoms with Gasteiger partial charge in [-0.15, -0.1) is 0 Å². The highest BCUT2D eigenvalue weighted by Crippen LogP contribution is 2.41. The van der Waals surface area contributed by atoms with Crippen LogP contribution in [0, 0.1) is 5.41 Å². The van der Waals surface area contributed by atoms with Gasteiger partial charge in [-0.1, -0.05) is 50.3 Å². The Kier molecular flexibility index (Phi) is 4.91. The quantitative estimate of drug-likeness (QED) is 0.622. The number of anilines is 1. The first kappa shape index (κ1) is 18.3. The van der Waals surface area contributed by atoms with Gasteiger partial charge in [-0.3, -0.25) is 15.2 Å². The van der Waals surface area contributed by atoms with Crippen molar-refractivity contribution in [2.24, 2.45) is 4.99 Å². The first-order chi connectivity index (χ1) is 12.4. The molecule has 1 aromatic carbocycles. The summed E-state index contributed by atoms with van der Waals surface area (Å²) in [6.45, 7) is 11.2. The number of nitrogens with zero attached hydrogens (tertiary/aromatic N) is 3. The molecule has 1 aromatic heterocycles. The predicted molar refractivity (Wildman–Crippen MR) is 108 cm³/mol. The van der Waals surface area contributed by atoms with E-state index in [4.69, 9.17) is 5.41 Å². The summed E-state index contributed by atoms with van der Waals surface area (Å²) in [7, 11) is 0. The van der Waals surface area contributed by atoms with Crippen molar-refractivity contribution in [1.82, 2.24) is 10.3 Å². The number of amidine groups is 1. The molecule has 1 aliphatic heterocycles. The van der Waals surface area contributed by atoms with Crippen molar-refractivity contribution in [2.75, 3.05) is 18.0 Å². The first-order valence-electron chi connectivity index (χ1n) is 8.60. The van der Waals surface area contributed by atoms with Crippen molar-refractivity contribution in [3.8, 4) is 0 Å². The Balaban J connectivity index is 1.95. The number of hydrogen-bond acceptors (Lipinski definition) is 5. The van der Waals surface area contributed by atoms with Gasteiger partial charge < -0.3 is 10.2 Å². The molecule has 1 amide bonds. The monoisotopic (exact) mass is 369 g/mol. The molecule has 2 aromatic rings. The van der Waals surface area contributed by atoms with Crippen LogP contribution in [0.2, 0.25) is 0 Å². The standard InChI is InChI=1S/C19H23N5OS/c1-5-10-22-16(25)18-23-14(17(21-4)26-18)15(20)24-11-19(2,3)12-8-6-7-9-13(12)24/h6-9,20H,4-5,10-11H2,1-3H3,(H,22,25). The number of fused-ring (bicyclic) bond motifs is 1. The Hall–Kier alpha value is -2.54. The Labute approximate surface area is 157 Å². The molecule has 0 saturated carbocycles. The van der Waals surface area contributed by atoms with Gasteiger partial charge in [0.05, 0.1) is 0 Å². The maximum Gasteiger partial charge on any atom is 0.280 e. The number of thiazole rings is 1. The van der Waals surface area contributed by atoms with Gasteiger partial charge in [0.1, 0.15) is 10.7 Å². The van der Waals surface area contributed by atoms with Gasteiger partial charge in [0.2, 0.25) is 0 Å². The van der Waals surface area contributed by atoms with Gasteiger partial charge in [-0.2, -0.15) is 0 Å². The molecule has 0 unspecified atom stereocenters. The highest BCUT2D eigenvalue weighted by molar-refractivity contribution is 7.17. The number of aliphatic imine (C=N–C) groups is 1. The summed E-state index contributed by atoms with van der Waals surface area (Å²) in [5.41, 5.74) is 2.54. The molecular weight excluding hydrogens is 346 g/mol. The minimum Gasteiger partial charge on any atom is -0.350 e. The zero-order valence-corrected chi connectivity index (χ0v) is 16.1. The molecular formula is C19H23N5OS. The highest BCUT2D eigenvalue weighted by Gasteiger charge is 2.38. The van der Waals surface area contributed by atoms with E-state index in [2.05, 4.69) is 41.9 Å². The topological polar surface area (TPSA) is 81.4 Å². The maximum atomic E-state index is 12.2. The minimum absolute atomic E-state index is 0.0674. The van der Waals surface area contributed by atoms with Gasteiger partial charge in [0.25, 0.3) is 5.91 Å². The van der Waals surface area contributed by atoms with Crippen LogP contribution in [0.4, 0.5) is 10.7 Å². The molecule has 0 radical (unpaired) electrons. The molecule has 136 valence electrons. The number of hydrogen-bond donors (Lipinski definition) is 2. The Morgan fingerprint density at radius 3 is 2.88 bits per heavy atom. The zero-order chi connectivity index (χ0) is 18.9. The lowest BCUT2D eigenvalue weighted by atomic mass is 9.87. The zero-order valence-electron chi connectivity index (χ0n) is 15.3. The molecule has 0 bridgehead atoms. The first-order valence-corrected chi connectivity index (χ1v) is 9.42. The van der Waals surface area contributed by atoms with E-state index in [0.717, 1.165) is 12.1 Å². The second-order valence-corrected chi connectivity index (χ2v) is 7.90. The van der Waals surface area contributed by atoms with Crippen LogP contribution >= 0.6 is 11.3 Å². The molecule has 26 heavy (non-hydrogen) atoms. The number of carbonyl (C=O) groups excluding carboxylic acids is 1. The van der Waals surface area contributed by atoms with E-state index in [0.29, 0.717) is 28.8 Å². The third-order valence-corrected chi connectivity index (χ3v) is 5.44. The average molecular weight is 369 g/mol. The van der Waals surface area contributed by atoms with Gasteiger partial charge in [-0.25, -0.2) is 4.98 Å². The molecule has 2 heterocycles.